The highest BCUT2D eigenvalue weighted by atomic mass is 16.4. The van der Waals surface area contributed by atoms with Crippen LogP contribution in [0.3, 0.4) is 0 Å². The van der Waals surface area contributed by atoms with E-state index in [9.17, 15) is 14.4 Å². The van der Waals surface area contributed by atoms with E-state index in [1.165, 1.54) is 13.8 Å². The summed E-state index contributed by atoms with van der Waals surface area (Å²) in [6.45, 7) is 2.87. The minimum Gasteiger partial charge on any atom is -0.477 e. The van der Waals surface area contributed by atoms with Crippen LogP contribution < -0.4 is 5.56 Å². The van der Waals surface area contributed by atoms with E-state index in [-0.39, 0.29) is 11.5 Å². The lowest BCUT2D eigenvalue weighted by molar-refractivity contribution is -0.118. The summed E-state index contributed by atoms with van der Waals surface area (Å²) in [6, 6.07) is 0. The van der Waals surface area contributed by atoms with Crippen LogP contribution in [0.2, 0.25) is 0 Å². The van der Waals surface area contributed by atoms with Crippen LogP contribution in [-0.2, 0) is 4.79 Å². The first-order valence-electron chi connectivity index (χ1n) is 3.99. The van der Waals surface area contributed by atoms with Gasteiger partial charge in [0.15, 0.2) is 0 Å². The van der Waals surface area contributed by atoms with E-state index in [0.29, 0.717) is 0 Å². The number of hydrogen-bond donors (Lipinski definition) is 3. The molecule has 6 nitrogen and oxygen atoms in total. The summed E-state index contributed by atoms with van der Waals surface area (Å²) in [7, 11) is 0. The molecule has 1 rings (SSSR count). The van der Waals surface area contributed by atoms with Gasteiger partial charge in [-0.1, -0.05) is 0 Å². The number of rotatable bonds is 3. The molecular weight excluding hydrogens is 188 g/mol. The second kappa shape index (κ2) is 3.49. The summed E-state index contributed by atoms with van der Waals surface area (Å²) in [5.41, 5.74) is -0.997. The third-order valence-electron chi connectivity index (χ3n) is 2.06. The van der Waals surface area contributed by atoms with Gasteiger partial charge in [-0.25, -0.2) is 4.79 Å². The molecule has 0 saturated heterocycles. The normalized spacial score (nSPS) is 12.4. The fourth-order valence-electron chi connectivity index (χ4n) is 1.11. The lowest BCUT2D eigenvalue weighted by Crippen LogP contribution is -2.16. The van der Waals surface area contributed by atoms with Crippen molar-refractivity contribution >= 4 is 11.8 Å². The molecule has 1 aromatic rings. The third-order valence-corrected chi connectivity index (χ3v) is 2.06. The molecule has 14 heavy (non-hydrogen) atoms. The molecular formula is C8H10N2O4. The second-order valence-electron chi connectivity index (χ2n) is 3.01. The minimum absolute atomic E-state index is 0.120. The molecule has 1 heterocycles. The predicted molar refractivity (Wildman–Crippen MR) is 47.5 cm³/mol. The lowest BCUT2D eigenvalue weighted by Gasteiger charge is -2.04. The van der Waals surface area contributed by atoms with Gasteiger partial charge in [0.05, 0.1) is 11.6 Å². The smallest absolute Gasteiger partial charge is 0.343 e. The van der Waals surface area contributed by atoms with Crippen LogP contribution in [0.5, 0.6) is 0 Å². The van der Waals surface area contributed by atoms with Gasteiger partial charge in [0.2, 0.25) is 0 Å². The van der Waals surface area contributed by atoms with E-state index in [4.69, 9.17) is 5.11 Å². The monoisotopic (exact) mass is 198 g/mol. The van der Waals surface area contributed by atoms with Crippen molar-refractivity contribution in [2.24, 2.45) is 0 Å². The summed E-state index contributed by atoms with van der Waals surface area (Å²) in [5.74, 6) is -2.17. The molecule has 0 bridgehead atoms. The Morgan fingerprint density at radius 3 is 2.36 bits per heavy atom. The van der Waals surface area contributed by atoms with Crippen molar-refractivity contribution in [2.75, 3.05) is 0 Å². The number of ketones is 1. The van der Waals surface area contributed by atoms with Crippen LogP contribution in [0.4, 0.5) is 0 Å². The van der Waals surface area contributed by atoms with Crippen molar-refractivity contribution < 1.29 is 14.7 Å². The molecule has 0 spiro atoms. The zero-order chi connectivity index (χ0) is 10.9. The highest BCUT2D eigenvalue weighted by Gasteiger charge is 2.23. The van der Waals surface area contributed by atoms with Crippen molar-refractivity contribution in [3.63, 3.8) is 0 Å². The van der Waals surface area contributed by atoms with Gasteiger partial charge in [-0.2, -0.15) is 0 Å². The number of aromatic carboxylic acids is 1. The zero-order valence-electron chi connectivity index (χ0n) is 7.75. The number of aromatic amines is 2. The van der Waals surface area contributed by atoms with Crippen molar-refractivity contribution in [3.8, 4) is 0 Å². The fourth-order valence-corrected chi connectivity index (χ4v) is 1.11. The molecule has 0 aliphatic heterocycles. The summed E-state index contributed by atoms with van der Waals surface area (Å²) >= 11 is 0. The molecule has 0 amide bonds. The molecule has 6 heteroatoms. The molecule has 0 aliphatic carbocycles. The number of nitrogens with one attached hydrogen (secondary N) is 2. The van der Waals surface area contributed by atoms with E-state index in [1.54, 1.807) is 0 Å². The van der Waals surface area contributed by atoms with E-state index in [1.807, 2.05) is 0 Å². The van der Waals surface area contributed by atoms with Crippen molar-refractivity contribution in [1.29, 1.82) is 0 Å². The number of hydrogen-bond acceptors (Lipinski definition) is 3. The Balaban J connectivity index is 3.29. The number of carbonyl (C=O) groups excluding carboxylic acids is 1. The molecule has 1 unspecified atom stereocenters. The number of carboxylic acid groups (broad SMARTS) is 1. The number of carbonyl (C=O) groups is 2. The molecule has 0 aromatic carbocycles. The van der Waals surface area contributed by atoms with Gasteiger partial charge in [0.25, 0.3) is 5.56 Å². The van der Waals surface area contributed by atoms with Gasteiger partial charge in [-0.15, -0.1) is 0 Å². The van der Waals surface area contributed by atoms with Crippen molar-refractivity contribution in [2.45, 2.75) is 19.8 Å². The first kappa shape index (κ1) is 10.2. The van der Waals surface area contributed by atoms with E-state index >= 15 is 0 Å². The average molecular weight is 198 g/mol. The maximum atomic E-state index is 11.0. The number of Topliss-reactive ketones (excluding diaryl/α,β-unsaturated/α-hetero) is 1. The molecule has 0 aliphatic rings. The van der Waals surface area contributed by atoms with Crippen molar-refractivity contribution in [1.82, 2.24) is 10.2 Å². The summed E-state index contributed by atoms with van der Waals surface area (Å²) in [5, 5.41) is 13.3. The fraction of sp³-hybridized carbons (Fsp3) is 0.375. The molecule has 76 valence electrons. The van der Waals surface area contributed by atoms with Crippen LogP contribution in [0.1, 0.15) is 35.8 Å². The molecule has 0 saturated carbocycles. The largest absolute Gasteiger partial charge is 0.477 e. The summed E-state index contributed by atoms with van der Waals surface area (Å²) in [4.78, 5) is 32.7. The summed E-state index contributed by atoms with van der Waals surface area (Å²) in [6.07, 6.45) is 0. The first-order chi connectivity index (χ1) is 6.45. The van der Waals surface area contributed by atoms with Crippen LogP contribution in [-0.4, -0.2) is 27.1 Å². The van der Waals surface area contributed by atoms with Gasteiger partial charge in [0.1, 0.15) is 11.3 Å². The topological polar surface area (TPSA) is 103 Å². The minimum atomic E-state index is -1.34. The maximum absolute atomic E-state index is 11.0. The second-order valence-corrected chi connectivity index (χ2v) is 3.01. The Kier molecular flexibility index (Phi) is 2.55. The van der Waals surface area contributed by atoms with Gasteiger partial charge >= 0.3 is 5.97 Å². The van der Waals surface area contributed by atoms with Gasteiger partial charge in [-0.05, 0) is 13.8 Å². The lowest BCUT2D eigenvalue weighted by atomic mass is 10.0. The number of H-pyrrole nitrogens is 2. The number of carboxylic acids is 1. The average Bonchev–Trinajstić information content (AvgIpc) is 2.45. The Bertz CT molecular complexity index is 429. The maximum Gasteiger partial charge on any atom is 0.343 e. The molecule has 0 radical (unpaired) electrons. The zero-order valence-corrected chi connectivity index (χ0v) is 7.75. The Hall–Kier alpha value is -1.85. The van der Waals surface area contributed by atoms with Gasteiger partial charge in [0, 0.05) is 0 Å². The van der Waals surface area contributed by atoms with E-state index < -0.39 is 23.0 Å². The SMILES string of the molecule is CC(=O)C(C)c1[nH][nH]c(=O)c1C(=O)O. The molecule has 1 atom stereocenters. The Morgan fingerprint density at radius 1 is 1.36 bits per heavy atom. The Labute approximate surface area is 78.9 Å². The van der Waals surface area contributed by atoms with Crippen LogP contribution in [0, 0.1) is 0 Å². The third kappa shape index (κ3) is 1.59. The van der Waals surface area contributed by atoms with E-state index in [0.717, 1.165) is 0 Å². The van der Waals surface area contributed by atoms with Gasteiger partial charge in [-0.3, -0.25) is 14.7 Å². The van der Waals surface area contributed by atoms with Gasteiger partial charge < -0.3 is 10.2 Å². The highest BCUT2D eigenvalue weighted by Crippen LogP contribution is 2.15. The standard InChI is InChI=1S/C8H10N2O4/c1-3(4(2)11)6-5(8(13)14)7(12)10-9-6/h3H,1-2H3,(H,13,14)(H2,9,10,12). The van der Waals surface area contributed by atoms with Crippen LogP contribution in [0.15, 0.2) is 4.79 Å². The molecule has 0 fully saturated rings. The predicted octanol–water partition coefficient (Wildman–Crippen LogP) is 0.0937. The van der Waals surface area contributed by atoms with E-state index in [2.05, 4.69) is 10.2 Å². The van der Waals surface area contributed by atoms with Crippen LogP contribution >= 0.6 is 0 Å². The Morgan fingerprint density at radius 2 is 1.93 bits per heavy atom. The molecule has 3 N–H and O–H groups in total. The van der Waals surface area contributed by atoms with Crippen molar-refractivity contribution in [3.05, 3.63) is 21.6 Å². The quantitative estimate of drug-likeness (QED) is 0.640. The van der Waals surface area contributed by atoms with Crippen LogP contribution in [0.25, 0.3) is 0 Å². The number of aromatic nitrogens is 2. The summed E-state index contributed by atoms with van der Waals surface area (Å²) < 4.78 is 0. The highest BCUT2D eigenvalue weighted by molar-refractivity contribution is 5.92. The first-order valence-corrected chi connectivity index (χ1v) is 3.99. The molecule has 1 aromatic heterocycles.